The minimum absolute atomic E-state index is 0.583. The van der Waals surface area contributed by atoms with E-state index < -0.39 is 0 Å². The number of hydrogen-bond acceptors (Lipinski definition) is 4. The second kappa shape index (κ2) is 8.24. The Kier molecular flexibility index (Phi) is 4.96. The zero-order chi connectivity index (χ0) is 21.3. The predicted molar refractivity (Wildman–Crippen MR) is 125 cm³/mol. The van der Waals surface area contributed by atoms with Crippen molar-refractivity contribution in [3.63, 3.8) is 0 Å². The van der Waals surface area contributed by atoms with Crippen LogP contribution in [0, 0.1) is 0 Å². The molecule has 1 fully saturated rings. The third kappa shape index (κ3) is 3.80. The second-order valence-electron chi connectivity index (χ2n) is 8.64. The Bertz CT molecular complexity index is 1210. The van der Waals surface area contributed by atoms with Crippen LogP contribution < -0.4 is 10.1 Å². The third-order valence-electron chi connectivity index (χ3n) is 6.38. The molecule has 0 spiro atoms. The highest BCUT2D eigenvalue weighted by Crippen LogP contribution is 2.40. The van der Waals surface area contributed by atoms with Crippen molar-refractivity contribution in [3.8, 4) is 28.1 Å². The summed E-state index contributed by atoms with van der Waals surface area (Å²) in [5.41, 5.74) is 8.33. The van der Waals surface area contributed by atoms with Crippen LogP contribution in [0.5, 0.6) is 5.75 Å². The minimum atomic E-state index is 0.583. The van der Waals surface area contributed by atoms with Crippen molar-refractivity contribution in [2.24, 2.45) is 0 Å². The molecule has 5 heteroatoms. The summed E-state index contributed by atoms with van der Waals surface area (Å²) in [6.45, 7) is 3.23. The number of pyridine rings is 1. The van der Waals surface area contributed by atoms with E-state index in [9.17, 15) is 0 Å². The average Bonchev–Trinajstić information content (AvgIpc) is 3.64. The zero-order valence-electron chi connectivity index (χ0n) is 18.0. The highest BCUT2D eigenvalue weighted by atomic mass is 16.5. The Balaban J connectivity index is 1.24. The first-order chi connectivity index (χ1) is 15.8. The van der Waals surface area contributed by atoms with Gasteiger partial charge in [0.15, 0.2) is 0 Å². The lowest BCUT2D eigenvalue weighted by Crippen LogP contribution is -2.28. The number of rotatable bonds is 6. The monoisotopic (exact) mass is 422 g/mol. The maximum atomic E-state index is 6.07. The van der Waals surface area contributed by atoms with Crippen LogP contribution in [0.1, 0.15) is 35.6 Å². The van der Waals surface area contributed by atoms with Crippen molar-refractivity contribution in [3.05, 3.63) is 89.9 Å². The van der Waals surface area contributed by atoms with Crippen molar-refractivity contribution in [1.29, 1.82) is 0 Å². The topological polar surface area (TPSA) is 52.0 Å². The van der Waals surface area contributed by atoms with Gasteiger partial charge in [-0.3, -0.25) is 9.67 Å². The Morgan fingerprint density at radius 1 is 0.906 bits per heavy atom. The molecular weight excluding hydrogens is 396 g/mol. The summed E-state index contributed by atoms with van der Waals surface area (Å²) in [6.07, 6.45) is 6.32. The van der Waals surface area contributed by atoms with Crippen LogP contribution in [0.15, 0.2) is 73.1 Å². The van der Waals surface area contributed by atoms with Gasteiger partial charge in [-0.15, -0.1) is 0 Å². The first-order valence-electron chi connectivity index (χ1n) is 11.4. The van der Waals surface area contributed by atoms with E-state index in [1.165, 1.54) is 35.2 Å². The van der Waals surface area contributed by atoms with E-state index in [1.807, 2.05) is 24.5 Å². The standard InChI is InChI=1S/C27H26N4O/c1-3-20(21-5-6-21)4-2-19(1)18-32-24-9-7-22(8-10-24)26-25-17-29-15-16-31(25)30-27(26)23-11-13-28-14-12-23/h1-4,7-14,21,29H,5-6,15-18H2. The summed E-state index contributed by atoms with van der Waals surface area (Å²) >= 11 is 0. The van der Waals surface area contributed by atoms with Gasteiger partial charge in [0.1, 0.15) is 18.1 Å². The molecule has 1 N–H and O–H groups in total. The number of hydrogen-bond donors (Lipinski definition) is 1. The lowest BCUT2D eigenvalue weighted by Gasteiger charge is -2.16. The van der Waals surface area contributed by atoms with E-state index in [1.54, 1.807) is 0 Å². The van der Waals surface area contributed by atoms with E-state index in [0.29, 0.717) is 6.61 Å². The maximum Gasteiger partial charge on any atom is 0.119 e. The number of benzene rings is 2. The van der Waals surface area contributed by atoms with Crippen LogP contribution >= 0.6 is 0 Å². The van der Waals surface area contributed by atoms with Crippen molar-refractivity contribution in [1.82, 2.24) is 20.1 Å². The van der Waals surface area contributed by atoms with Crippen molar-refractivity contribution < 1.29 is 4.74 Å². The average molecular weight is 423 g/mol. The summed E-state index contributed by atoms with van der Waals surface area (Å²) in [4.78, 5) is 4.17. The van der Waals surface area contributed by atoms with Crippen LogP contribution in [0.4, 0.5) is 0 Å². The number of ether oxygens (including phenoxy) is 1. The number of aromatic nitrogens is 3. The largest absolute Gasteiger partial charge is 0.489 e. The fourth-order valence-corrected chi connectivity index (χ4v) is 4.46. The van der Waals surface area contributed by atoms with Gasteiger partial charge in [0, 0.05) is 36.6 Å². The molecule has 0 radical (unpaired) electrons. The SMILES string of the molecule is c1cc(-c2nn3c(c2-c2ccc(OCc4ccc(C5CC5)cc4)cc2)CNCC3)ccn1. The van der Waals surface area contributed by atoms with E-state index in [4.69, 9.17) is 9.84 Å². The van der Waals surface area contributed by atoms with Crippen LogP contribution in [-0.2, 0) is 19.7 Å². The molecule has 32 heavy (non-hydrogen) atoms. The molecule has 0 unspecified atom stereocenters. The van der Waals surface area contributed by atoms with E-state index in [2.05, 4.69) is 63.5 Å². The molecule has 1 saturated carbocycles. The minimum Gasteiger partial charge on any atom is -0.489 e. The van der Waals surface area contributed by atoms with Gasteiger partial charge < -0.3 is 10.1 Å². The van der Waals surface area contributed by atoms with E-state index >= 15 is 0 Å². The second-order valence-corrected chi connectivity index (χ2v) is 8.64. The predicted octanol–water partition coefficient (Wildman–Crippen LogP) is 5.17. The first kappa shape index (κ1) is 19.3. The molecule has 5 nitrogen and oxygen atoms in total. The zero-order valence-corrected chi connectivity index (χ0v) is 18.0. The molecule has 6 rings (SSSR count). The highest BCUT2D eigenvalue weighted by molar-refractivity contribution is 5.83. The molecule has 160 valence electrons. The molecule has 1 aliphatic heterocycles. The lowest BCUT2D eigenvalue weighted by molar-refractivity contribution is 0.306. The molecule has 0 bridgehead atoms. The normalized spacial score (nSPS) is 15.4. The van der Waals surface area contributed by atoms with E-state index in [0.717, 1.165) is 48.1 Å². The lowest BCUT2D eigenvalue weighted by atomic mass is 9.99. The van der Waals surface area contributed by atoms with Crippen LogP contribution in [0.3, 0.4) is 0 Å². The molecular formula is C27H26N4O. The van der Waals surface area contributed by atoms with Gasteiger partial charge in [-0.1, -0.05) is 36.4 Å². The number of nitrogens with one attached hydrogen (secondary N) is 1. The van der Waals surface area contributed by atoms with Gasteiger partial charge in [-0.25, -0.2) is 0 Å². The fourth-order valence-electron chi connectivity index (χ4n) is 4.46. The molecule has 2 aromatic carbocycles. The Morgan fingerprint density at radius 2 is 1.69 bits per heavy atom. The van der Waals surface area contributed by atoms with Gasteiger partial charge in [0.05, 0.1) is 12.2 Å². The molecule has 1 aliphatic carbocycles. The summed E-state index contributed by atoms with van der Waals surface area (Å²) in [6, 6.07) is 21.3. The van der Waals surface area contributed by atoms with Crippen molar-refractivity contribution in [2.45, 2.75) is 38.5 Å². The van der Waals surface area contributed by atoms with Gasteiger partial charge in [-0.05, 0) is 59.7 Å². The fraction of sp³-hybridized carbons (Fsp3) is 0.259. The maximum absolute atomic E-state index is 6.07. The Morgan fingerprint density at radius 3 is 2.44 bits per heavy atom. The number of nitrogens with zero attached hydrogens (tertiary/aromatic N) is 3. The summed E-state index contributed by atoms with van der Waals surface area (Å²) in [5, 5.41) is 8.42. The van der Waals surface area contributed by atoms with E-state index in [-0.39, 0.29) is 0 Å². The van der Waals surface area contributed by atoms with Gasteiger partial charge in [0.25, 0.3) is 0 Å². The summed E-state index contributed by atoms with van der Waals surface area (Å²) in [7, 11) is 0. The summed E-state index contributed by atoms with van der Waals surface area (Å²) < 4.78 is 8.20. The molecule has 0 atom stereocenters. The molecule has 0 amide bonds. The van der Waals surface area contributed by atoms with Crippen LogP contribution in [-0.4, -0.2) is 21.3 Å². The quantitative estimate of drug-likeness (QED) is 0.466. The van der Waals surface area contributed by atoms with Gasteiger partial charge in [-0.2, -0.15) is 5.10 Å². The first-order valence-corrected chi connectivity index (χ1v) is 11.4. The van der Waals surface area contributed by atoms with Crippen LogP contribution in [0.25, 0.3) is 22.4 Å². The third-order valence-corrected chi connectivity index (χ3v) is 6.38. The number of fused-ring (bicyclic) bond motifs is 1. The molecule has 4 aromatic rings. The molecule has 3 heterocycles. The Hall–Kier alpha value is -3.44. The highest BCUT2D eigenvalue weighted by Gasteiger charge is 2.23. The Labute approximate surface area is 188 Å². The van der Waals surface area contributed by atoms with Crippen molar-refractivity contribution in [2.75, 3.05) is 6.54 Å². The van der Waals surface area contributed by atoms with Crippen LogP contribution in [0.2, 0.25) is 0 Å². The smallest absolute Gasteiger partial charge is 0.119 e. The summed E-state index contributed by atoms with van der Waals surface area (Å²) in [5.74, 6) is 1.67. The van der Waals surface area contributed by atoms with Crippen molar-refractivity contribution >= 4 is 0 Å². The molecule has 2 aromatic heterocycles. The molecule has 2 aliphatic rings. The van der Waals surface area contributed by atoms with Gasteiger partial charge >= 0.3 is 0 Å². The van der Waals surface area contributed by atoms with Gasteiger partial charge in [0.2, 0.25) is 0 Å². The molecule has 0 saturated heterocycles.